The van der Waals surface area contributed by atoms with Crippen LogP contribution in [0.15, 0.2) is 41.9 Å². The van der Waals surface area contributed by atoms with Gasteiger partial charge in [0, 0.05) is 36.3 Å². The minimum Gasteiger partial charge on any atom is -0.496 e. The summed E-state index contributed by atoms with van der Waals surface area (Å²) in [5, 5.41) is 13.1. The Balaban J connectivity index is 1.42. The zero-order chi connectivity index (χ0) is 17.9. The molecule has 1 aliphatic heterocycles. The number of aromatic amines is 1. The SMILES string of the molecule is COc1ccccc1-c1cc(C(=O)NC2CCN(c3nccs3)C2)[nH]n1. The van der Waals surface area contributed by atoms with E-state index in [0.29, 0.717) is 11.4 Å². The van der Waals surface area contributed by atoms with E-state index in [1.165, 1.54) is 0 Å². The van der Waals surface area contributed by atoms with Crippen LogP contribution in [0.2, 0.25) is 0 Å². The minimum atomic E-state index is -0.148. The number of nitrogens with zero attached hydrogens (tertiary/aromatic N) is 3. The molecule has 8 heteroatoms. The van der Waals surface area contributed by atoms with Crippen molar-refractivity contribution in [2.45, 2.75) is 12.5 Å². The van der Waals surface area contributed by atoms with Gasteiger partial charge in [0.15, 0.2) is 5.13 Å². The number of para-hydroxylation sites is 1. The Morgan fingerprint density at radius 2 is 2.31 bits per heavy atom. The van der Waals surface area contributed by atoms with Crippen molar-refractivity contribution < 1.29 is 9.53 Å². The number of carbonyl (C=O) groups is 1. The average molecular weight is 369 g/mol. The molecule has 1 aliphatic rings. The number of amides is 1. The van der Waals surface area contributed by atoms with Crippen LogP contribution < -0.4 is 15.0 Å². The van der Waals surface area contributed by atoms with E-state index >= 15 is 0 Å². The predicted octanol–water partition coefficient (Wildman–Crippen LogP) is 2.55. The number of hydrogen-bond donors (Lipinski definition) is 2. The summed E-state index contributed by atoms with van der Waals surface area (Å²) in [6, 6.07) is 9.45. The largest absolute Gasteiger partial charge is 0.496 e. The minimum absolute atomic E-state index is 0.101. The second kappa shape index (κ2) is 7.17. The van der Waals surface area contributed by atoms with Crippen molar-refractivity contribution in [3.63, 3.8) is 0 Å². The summed E-state index contributed by atoms with van der Waals surface area (Å²) < 4.78 is 5.36. The van der Waals surface area contributed by atoms with Crippen molar-refractivity contribution in [2.75, 3.05) is 25.1 Å². The van der Waals surface area contributed by atoms with Crippen LogP contribution in [0.25, 0.3) is 11.3 Å². The fourth-order valence-electron chi connectivity index (χ4n) is 3.12. The number of carbonyl (C=O) groups excluding carboxylic acids is 1. The molecule has 2 N–H and O–H groups in total. The Labute approximate surface area is 155 Å². The maximum atomic E-state index is 12.5. The zero-order valence-corrected chi connectivity index (χ0v) is 15.1. The highest BCUT2D eigenvalue weighted by atomic mass is 32.1. The lowest BCUT2D eigenvalue weighted by molar-refractivity contribution is 0.0935. The summed E-state index contributed by atoms with van der Waals surface area (Å²) in [6.45, 7) is 1.67. The number of benzene rings is 1. The van der Waals surface area contributed by atoms with E-state index in [0.717, 1.165) is 36.0 Å². The number of H-pyrrole nitrogens is 1. The van der Waals surface area contributed by atoms with Gasteiger partial charge in [0.05, 0.1) is 12.8 Å². The molecule has 0 bridgehead atoms. The molecule has 1 amide bonds. The molecule has 0 radical (unpaired) electrons. The van der Waals surface area contributed by atoms with Gasteiger partial charge < -0.3 is 15.0 Å². The fourth-order valence-corrected chi connectivity index (χ4v) is 3.80. The molecule has 0 saturated carbocycles. The lowest BCUT2D eigenvalue weighted by atomic mass is 10.1. The first-order valence-electron chi connectivity index (χ1n) is 8.38. The Morgan fingerprint density at radius 3 is 3.12 bits per heavy atom. The molecule has 1 atom stereocenters. The fraction of sp³-hybridized carbons (Fsp3) is 0.278. The van der Waals surface area contributed by atoms with Gasteiger partial charge in [0.25, 0.3) is 5.91 Å². The smallest absolute Gasteiger partial charge is 0.269 e. The summed E-state index contributed by atoms with van der Waals surface area (Å²) in [7, 11) is 1.62. The standard InChI is InChI=1S/C18H19N5O2S/c1-25-16-5-3-2-4-13(16)14-10-15(22-21-14)17(24)20-12-6-8-23(11-12)18-19-7-9-26-18/h2-5,7,9-10,12H,6,8,11H2,1H3,(H,20,24)(H,21,22). The second-order valence-electron chi connectivity index (χ2n) is 6.09. The number of ether oxygens (including phenoxy) is 1. The first kappa shape index (κ1) is 16.6. The molecule has 0 aliphatic carbocycles. The third-order valence-corrected chi connectivity index (χ3v) is 5.25. The lowest BCUT2D eigenvalue weighted by Crippen LogP contribution is -2.37. The average Bonchev–Trinajstić information content (AvgIpc) is 3.41. The summed E-state index contributed by atoms with van der Waals surface area (Å²) >= 11 is 1.62. The van der Waals surface area contributed by atoms with E-state index < -0.39 is 0 Å². The van der Waals surface area contributed by atoms with Gasteiger partial charge in [0.2, 0.25) is 0 Å². The van der Waals surface area contributed by atoms with Crippen LogP contribution in [0.4, 0.5) is 5.13 Å². The molecule has 1 aromatic carbocycles. The molecular formula is C18H19N5O2S. The Morgan fingerprint density at radius 1 is 1.42 bits per heavy atom. The maximum Gasteiger partial charge on any atom is 0.269 e. The van der Waals surface area contributed by atoms with Gasteiger partial charge in [-0.25, -0.2) is 4.98 Å². The van der Waals surface area contributed by atoms with E-state index in [1.54, 1.807) is 30.7 Å². The van der Waals surface area contributed by atoms with Crippen LogP contribution in [0, 0.1) is 0 Å². The number of thiazole rings is 1. The van der Waals surface area contributed by atoms with Crippen LogP contribution in [-0.4, -0.2) is 47.3 Å². The summed E-state index contributed by atoms with van der Waals surface area (Å²) in [5.74, 6) is 0.575. The summed E-state index contributed by atoms with van der Waals surface area (Å²) in [6.07, 6.45) is 2.70. The Bertz CT molecular complexity index is 893. The van der Waals surface area contributed by atoms with E-state index in [9.17, 15) is 4.79 Å². The quantitative estimate of drug-likeness (QED) is 0.722. The molecule has 3 aromatic rings. The monoisotopic (exact) mass is 369 g/mol. The third kappa shape index (κ3) is 3.28. The van der Waals surface area contributed by atoms with Gasteiger partial charge in [0.1, 0.15) is 11.4 Å². The highest BCUT2D eigenvalue weighted by molar-refractivity contribution is 7.13. The van der Waals surface area contributed by atoms with E-state index in [2.05, 4.69) is 25.4 Å². The number of rotatable bonds is 5. The van der Waals surface area contributed by atoms with Gasteiger partial charge in [-0.05, 0) is 24.6 Å². The third-order valence-electron chi connectivity index (χ3n) is 4.42. The first-order chi connectivity index (χ1) is 12.7. The van der Waals surface area contributed by atoms with Crippen LogP contribution in [0.5, 0.6) is 5.75 Å². The van der Waals surface area contributed by atoms with Crippen LogP contribution in [0.3, 0.4) is 0 Å². The molecular weight excluding hydrogens is 350 g/mol. The highest BCUT2D eigenvalue weighted by Crippen LogP contribution is 2.28. The lowest BCUT2D eigenvalue weighted by Gasteiger charge is -2.15. The number of methoxy groups -OCH3 is 1. The van der Waals surface area contributed by atoms with E-state index in [4.69, 9.17) is 4.74 Å². The molecule has 1 saturated heterocycles. The molecule has 26 heavy (non-hydrogen) atoms. The first-order valence-corrected chi connectivity index (χ1v) is 9.26. The normalized spacial score (nSPS) is 16.7. The van der Waals surface area contributed by atoms with Crippen LogP contribution in [0.1, 0.15) is 16.9 Å². The second-order valence-corrected chi connectivity index (χ2v) is 6.96. The van der Waals surface area contributed by atoms with Crippen molar-refractivity contribution in [3.8, 4) is 17.0 Å². The number of nitrogens with one attached hydrogen (secondary N) is 2. The Kier molecular flexibility index (Phi) is 4.57. The van der Waals surface area contributed by atoms with Crippen molar-refractivity contribution in [2.24, 2.45) is 0 Å². The number of aromatic nitrogens is 3. The molecule has 3 heterocycles. The zero-order valence-electron chi connectivity index (χ0n) is 14.3. The summed E-state index contributed by atoms with van der Waals surface area (Å²) in [4.78, 5) is 19.1. The van der Waals surface area contributed by atoms with Gasteiger partial charge in [-0.1, -0.05) is 12.1 Å². The molecule has 2 aromatic heterocycles. The molecule has 0 spiro atoms. The van der Waals surface area contributed by atoms with Gasteiger partial charge in [-0.15, -0.1) is 11.3 Å². The Hall–Kier alpha value is -2.87. The molecule has 1 unspecified atom stereocenters. The van der Waals surface area contributed by atoms with Crippen molar-refractivity contribution >= 4 is 22.4 Å². The molecule has 1 fully saturated rings. The maximum absolute atomic E-state index is 12.5. The van der Waals surface area contributed by atoms with Gasteiger partial charge in [-0.2, -0.15) is 5.10 Å². The topological polar surface area (TPSA) is 83.1 Å². The molecule has 7 nitrogen and oxygen atoms in total. The van der Waals surface area contributed by atoms with Gasteiger partial charge >= 0.3 is 0 Å². The van der Waals surface area contributed by atoms with Crippen molar-refractivity contribution in [1.82, 2.24) is 20.5 Å². The number of hydrogen-bond acceptors (Lipinski definition) is 6. The predicted molar refractivity (Wildman–Crippen MR) is 101 cm³/mol. The highest BCUT2D eigenvalue weighted by Gasteiger charge is 2.26. The summed E-state index contributed by atoms with van der Waals surface area (Å²) in [5.41, 5.74) is 1.98. The van der Waals surface area contributed by atoms with Crippen molar-refractivity contribution in [3.05, 3.63) is 47.6 Å². The van der Waals surface area contributed by atoms with E-state index in [-0.39, 0.29) is 11.9 Å². The van der Waals surface area contributed by atoms with Crippen molar-refractivity contribution in [1.29, 1.82) is 0 Å². The number of anilines is 1. The van der Waals surface area contributed by atoms with Crippen LogP contribution >= 0.6 is 11.3 Å². The molecule has 4 rings (SSSR count). The van der Waals surface area contributed by atoms with Gasteiger partial charge in [-0.3, -0.25) is 9.89 Å². The van der Waals surface area contributed by atoms with Crippen LogP contribution in [-0.2, 0) is 0 Å². The van der Waals surface area contributed by atoms with E-state index in [1.807, 2.05) is 29.6 Å². The molecule has 134 valence electrons.